The van der Waals surface area contributed by atoms with Crippen LogP contribution in [-0.2, 0) is 0 Å². The number of fused-ring (bicyclic) bond motifs is 2. The van der Waals surface area contributed by atoms with Crippen LogP contribution in [0.25, 0.3) is 22.1 Å². The summed E-state index contributed by atoms with van der Waals surface area (Å²) in [6.45, 7) is 2.76. The van der Waals surface area contributed by atoms with E-state index in [0.29, 0.717) is 56.9 Å². The maximum atomic E-state index is 13.2. The molecule has 168 valence electrons. The summed E-state index contributed by atoms with van der Waals surface area (Å²) in [4.78, 5) is 41.4. The van der Waals surface area contributed by atoms with Gasteiger partial charge in [-0.15, -0.1) is 5.10 Å². The van der Waals surface area contributed by atoms with Crippen molar-refractivity contribution in [3.63, 3.8) is 0 Å². The second-order valence-electron chi connectivity index (χ2n) is 8.82. The Morgan fingerprint density at radius 1 is 1.15 bits per heavy atom. The molecule has 0 radical (unpaired) electrons. The SMILES string of the molecule is NC(=O)c1c[nH]c2ncnc(N3CCC4(CCN(C(=O)c5ccc6nnn(O)c6c5)C4)C3)c12. The van der Waals surface area contributed by atoms with Gasteiger partial charge in [0.25, 0.3) is 11.8 Å². The van der Waals surface area contributed by atoms with E-state index in [2.05, 4.69) is 30.2 Å². The van der Waals surface area contributed by atoms with Crippen LogP contribution >= 0.6 is 0 Å². The van der Waals surface area contributed by atoms with Crippen LogP contribution in [0.2, 0.25) is 0 Å². The highest BCUT2D eigenvalue weighted by molar-refractivity contribution is 6.09. The minimum atomic E-state index is -0.528. The predicted molar refractivity (Wildman–Crippen MR) is 117 cm³/mol. The summed E-state index contributed by atoms with van der Waals surface area (Å²) in [5.41, 5.74) is 7.85. The molecule has 2 aliphatic heterocycles. The Hall–Kier alpha value is -4.22. The van der Waals surface area contributed by atoms with Crippen molar-refractivity contribution < 1.29 is 14.8 Å². The Labute approximate surface area is 186 Å². The number of nitrogens with two attached hydrogens (primary N) is 1. The number of likely N-dealkylation sites (tertiary alicyclic amines) is 1. The van der Waals surface area contributed by atoms with Gasteiger partial charge in [0.1, 0.15) is 28.8 Å². The number of amides is 2. The first-order chi connectivity index (χ1) is 15.9. The quantitative estimate of drug-likeness (QED) is 0.389. The number of benzene rings is 1. The largest absolute Gasteiger partial charge is 0.410 e. The van der Waals surface area contributed by atoms with Gasteiger partial charge in [-0.2, -0.15) is 0 Å². The topological polar surface area (TPSA) is 159 Å². The monoisotopic (exact) mass is 447 g/mol. The smallest absolute Gasteiger partial charge is 0.253 e. The van der Waals surface area contributed by atoms with Gasteiger partial charge in [0.15, 0.2) is 0 Å². The molecular weight excluding hydrogens is 426 g/mol. The van der Waals surface area contributed by atoms with Gasteiger partial charge in [0.05, 0.1) is 10.9 Å². The summed E-state index contributed by atoms with van der Waals surface area (Å²) in [7, 11) is 0. The van der Waals surface area contributed by atoms with E-state index < -0.39 is 5.91 Å². The molecule has 33 heavy (non-hydrogen) atoms. The molecule has 0 saturated carbocycles. The second kappa shape index (κ2) is 6.89. The summed E-state index contributed by atoms with van der Waals surface area (Å²) in [6, 6.07) is 5.00. The lowest BCUT2D eigenvalue weighted by Gasteiger charge is -2.25. The van der Waals surface area contributed by atoms with Crippen LogP contribution in [0.3, 0.4) is 0 Å². The lowest BCUT2D eigenvalue weighted by Crippen LogP contribution is -2.34. The molecule has 5 heterocycles. The standard InChI is InChI=1S/C21H21N9O3/c22-17(31)13-8-23-18-16(13)19(25-11-24-18)28-5-3-21(9-28)4-6-29(10-21)20(32)12-1-2-14-15(7-12)30(33)27-26-14/h1-2,7-8,11,33H,3-6,9-10H2,(H2,22,31)(H,23,24,25). The molecule has 0 aliphatic carbocycles. The summed E-state index contributed by atoms with van der Waals surface area (Å²) >= 11 is 0. The van der Waals surface area contributed by atoms with E-state index in [1.54, 1.807) is 24.4 Å². The van der Waals surface area contributed by atoms with Crippen molar-refractivity contribution in [1.82, 2.24) is 35.0 Å². The predicted octanol–water partition coefficient (Wildman–Crippen LogP) is 0.781. The van der Waals surface area contributed by atoms with E-state index in [9.17, 15) is 14.8 Å². The van der Waals surface area contributed by atoms with Crippen molar-refractivity contribution in [2.75, 3.05) is 31.1 Å². The Morgan fingerprint density at radius 2 is 2.00 bits per heavy atom. The second-order valence-corrected chi connectivity index (χ2v) is 8.82. The van der Waals surface area contributed by atoms with Crippen molar-refractivity contribution in [3.8, 4) is 0 Å². The van der Waals surface area contributed by atoms with Crippen LogP contribution in [0.5, 0.6) is 0 Å². The van der Waals surface area contributed by atoms with Crippen molar-refractivity contribution in [3.05, 3.63) is 41.9 Å². The molecule has 3 aromatic heterocycles. The highest BCUT2D eigenvalue weighted by atomic mass is 16.5. The molecule has 1 unspecified atom stereocenters. The Morgan fingerprint density at radius 3 is 2.85 bits per heavy atom. The number of hydrogen-bond acceptors (Lipinski definition) is 8. The molecule has 12 heteroatoms. The van der Waals surface area contributed by atoms with Crippen molar-refractivity contribution in [1.29, 1.82) is 0 Å². The third kappa shape index (κ3) is 2.97. The fourth-order valence-electron chi connectivity index (χ4n) is 5.16. The van der Waals surface area contributed by atoms with E-state index in [-0.39, 0.29) is 11.3 Å². The first-order valence-corrected chi connectivity index (χ1v) is 10.6. The number of nitrogens with zero attached hydrogens (tertiary/aromatic N) is 7. The molecule has 12 nitrogen and oxygen atoms in total. The third-order valence-corrected chi connectivity index (χ3v) is 6.85. The lowest BCUT2D eigenvalue weighted by molar-refractivity contribution is 0.0775. The molecule has 1 aromatic carbocycles. The Balaban J connectivity index is 1.24. The number of carbonyl (C=O) groups is 2. The fraction of sp³-hybridized carbons (Fsp3) is 0.333. The molecular formula is C21H21N9O3. The Bertz CT molecular complexity index is 1430. The van der Waals surface area contributed by atoms with E-state index >= 15 is 0 Å². The molecule has 4 N–H and O–H groups in total. The summed E-state index contributed by atoms with van der Waals surface area (Å²) < 4.78 is 0. The van der Waals surface area contributed by atoms with Crippen LogP contribution < -0.4 is 10.6 Å². The van der Waals surface area contributed by atoms with Gasteiger partial charge in [-0.3, -0.25) is 9.59 Å². The first kappa shape index (κ1) is 19.5. The number of carbonyl (C=O) groups excluding carboxylic acids is 2. The summed E-state index contributed by atoms with van der Waals surface area (Å²) in [6.07, 6.45) is 4.83. The van der Waals surface area contributed by atoms with Crippen LogP contribution in [0.1, 0.15) is 33.6 Å². The normalized spacial score (nSPS) is 20.5. The number of anilines is 1. The molecule has 0 bridgehead atoms. The van der Waals surface area contributed by atoms with E-state index in [1.807, 2.05) is 4.90 Å². The molecule has 2 fully saturated rings. The van der Waals surface area contributed by atoms with E-state index in [4.69, 9.17) is 5.73 Å². The number of H-pyrrole nitrogens is 1. The van der Waals surface area contributed by atoms with E-state index in [0.717, 1.165) is 25.9 Å². The third-order valence-electron chi connectivity index (χ3n) is 6.85. The zero-order valence-electron chi connectivity index (χ0n) is 17.6. The molecule has 4 aromatic rings. The minimum absolute atomic E-state index is 0.0550. The van der Waals surface area contributed by atoms with Gasteiger partial charge < -0.3 is 25.7 Å². The van der Waals surface area contributed by atoms with Gasteiger partial charge >= 0.3 is 0 Å². The molecule has 2 aliphatic rings. The van der Waals surface area contributed by atoms with E-state index in [1.165, 1.54) is 6.33 Å². The molecule has 2 saturated heterocycles. The van der Waals surface area contributed by atoms with Crippen LogP contribution in [0, 0.1) is 5.41 Å². The summed E-state index contributed by atoms with van der Waals surface area (Å²) in [5, 5.41) is 17.8. The highest BCUT2D eigenvalue weighted by Crippen LogP contribution is 2.42. The first-order valence-electron chi connectivity index (χ1n) is 10.6. The minimum Gasteiger partial charge on any atom is -0.410 e. The van der Waals surface area contributed by atoms with Gasteiger partial charge in [-0.05, 0) is 36.3 Å². The number of nitrogens with one attached hydrogen (secondary N) is 1. The highest BCUT2D eigenvalue weighted by Gasteiger charge is 2.45. The van der Waals surface area contributed by atoms with Gasteiger partial charge in [0.2, 0.25) is 0 Å². The number of primary amides is 1. The molecule has 1 spiro atoms. The van der Waals surface area contributed by atoms with Gasteiger partial charge in [-0.1, -0.05) is 4.85 Å². The number of aromatic amines is 1. The van der Waals surface area contributed by atoms with Crippen molar-refractivity contribution in [2.45, 2.75) is 12.8 Å². The zero-order valence-corrected chi connectivity index (χ0v) is 17.6. The van der Waals surface area contributed by atoms with Crippen LogP contribution in [0.15, 0.2) is 30.7 Å². The van der Waals surface area contributed by atoms with Gasteiger partial charge in [0, 0.05) is 43.4 Å². The molecule has 1 atom stereocenters. The molecule has 6 rings (SSSR count). The Kier molecular flexibility index (Phi) is 4.06. The maximum absolute atomic E-state index is 13.2. The number of rotatable bonds is 3. The summed E-state index contributed by atoms with van der Waals surface area (Å²) in [5.74, 6) is 0.0746. The average Bonchev–Trinajstić information content (AvgIpc) is 3.60. The van der Waals surface area contributed by atoms with Crippen LogP contribution in [0.4, 0.5) is 5.82 Å². The fourth-order valence-corrected chi connectivity index (χ4v) is 5.16. The van der Waals surface area contributed by atoms with Crippen LogP contribution in [-0.4, -0.2) is 78.2 Å². The maximum Gasteiger partial charge on any atom is 0.253 e. The number of aromatic nitrogens is 6. The lowest BCUT2D eigenvalue weighted by atomic mass is 9.86. The number of hydrogen-bond donors (Lipinski definition) is 3. The van der Waals surface area contributed by atoms with Gasteiger partial charge in [-0.25, -0.2) is 9.97 Å². The zero-order chi connectivity index (χ0) is 22.7. The van der Waals surface area contributed by atoms with Crippen molar-refractivity contribution in [2.24, 2.45) is 11.1 Å². The molecule has 2 amide bonds. The average molecular weight is 447 g/mol. The van der Waals surface area contributed by atoms with Crippen molar-refractivity contribution >= 4 is 39.7 Å².